The second-order valence-electron chi connectivity index (χ2n) is 1.76. The molecule has 0 radical (unpaired) electrons. The molecule has 1 aromatic heterocycles. The number of rotatable bonds is 1. The molecule has 0 aliphatic carbocycles. The fourth-order valence-electron chi connectivity index (χ4n) is 0.555. The van der Waals surface area contributed by atoms with Gasteiger partial charge in [-0.15, -0.1) is 0 Å². The van der Waals surface area contributed by atoms with Crippen molar-refractivity contribution in [1.29, 1.82) is 0 Å². The predicted octanol–water partition coefficient (Wildman–Crippen LogP) is 1.87. The largest absolute Gasteiger partial charge is 0.465 e. The van der Waals surface area contributed by atoms with E-state index in [-0.39, 0.29) is 16.0 Å². The highest BCUT2D eigenvalue weighted by Crippen LogP contribution is 2.25. The molecule has 7 heteroatoms. The van der Waals surface area contributed by atoms with Gasteiger partial charge in [0.2, 0.25) is 0 Å². The summed E-state index contributed by atoms with van der Waals surface area (Å²) in [5, 5.41) is 10.2. The third-order valence-electron chi connectivity index (χ3n) is 0.987. The zero-order valence-electron chi connectivity index (χ0n) is 5.58. The minimum absolute atomic E-state index is 0.00617. The molecule has 0 aliphatic rings. The van der Waals surface area contributed by atoms with Gasteiger partial charge in [0.25, 0.3) is 0 Å². The van der Waals surface area contributed by atoms with Crippen LogP contribution in [0.15, 0.2) is 6.33 Å². The van der Waals surface area contributed by atoms with Crippen LogP contribution < -0.4 is 5.32 Å². The minimum atomic E-state index is -1.27. The molecule has 1 aromatic rings. The summed E-state index contributed by atoms with van der Waals surface area (Å²) in [5.74, 6) is 0. The van der Waals surface area contributed by atoms with E-state index in [9.17, 15) is 4.79 Å². The van der Waals surface area contributed by atoms with Crippen molar-refractivity contribution in [2.45, 2.75) is 0 Å². The maximum absolute atomic E-state index is 10.2. The zero-order valence-corrected chi connectivity index (χ0v) is 7.10. The van der Waals surface area contributed by atoms with Crippen molar-refractivity contribution in [3.63, 3.8) is 0 Å². The molecule has 1 amide bonds. The van der Waals surface area contributed by atoms with Crippen molar-refractivity contribution in [1.82, 2.24) is 9.97 Å². The second-order valence-corrected chi connectivity index (χ2v) is 2.48. The topological polar surface area (TPSA) is 75.1 Å². The molecule has 0 spiro atoms. The van der Waals surface area contributed by atoms with Crippen LogP contribution in [0.3, 0.4) is 0 Å². The van der Waals surface area contributed by atoms with Gasteiger partial charge in [-0.3, -0.25) is 5.32 Å². The lowest BCUT2D eigenvalue weighted by atomic mass is 10.5. The van der Waals surface area contributed by atoms with Gasteiger partial charge in [-0.1, -0.05) is 23.2 Å². The van der Waals surface area contributed by atoms with Crippen LogP contribution in [-0.4, -0.2) is 21.2 Å². The Bertz CT molecular complexity index is 297. The minimum Gasteiger partial charge on any atom is -0.465 e. The maximum atomic E-state index is 10.2. The molecule has 1 rings (SSSR count). The highest BCUT2D eigenvalue weighted by atomic mass is 35.5. The Hall–Kier alpha value is -1.07. The quantitative estimate of drug-likeness (QED) is 0.690. The number of halogens is 2. The summed E-state index contributed by atoms with van der Waals surface area (Å²) < 4.78 is 0. The summed E-state index contributed by atoms with van der Waals surface area (Å²) in [6.07, 6.45) is -0.133. The Morgan fingerprint density at radius 2 is 1.92 bits per heavy atom. The Morgan fingerprint density at radius 3 is 2.33 bits per heavy atom. The molecule has 0 fully saturated rings. The Morgan fingerprint density at radius 1 is 1.42 bits per heavy atom. The first-order valence-electron chi connectivity index (χ1n) is 2.77. The molecule has 0 atom stereocenters. The van der Waals surface area contributed by atoms with Crippen molar-refractivity contribution < 1.29 is 9.90 Å². The lowest BCUT2D eigenvalue weighted by molar-refractivity contribution is 0.209. The van der Waals surface area contributed by atoms with Gasteiger partial charge in [0.15, 0.2) is 10.3 Å². The first-order chi connectivity index (χ1) is 5.61. The first-order valence-corrected chi connectivity index (χ1v) is 3.53. The fraction of sp³-hybridized carbons (Fsp3) is 0. The molecule has 0 bridgehead atoms. The third kappa shape index (κ3) is 1.96. The molecular weight excluding hydrogens is 205 g/mol. The summed E-state index contributed by atoms with van der Waals surface area (Å²) in [4.78, 5) is 17.3. The monoisotopic (exact) mass is 207 g/mol. The molecule has 0 aliphatic heterocycles. The van der Waals surface area contributed by atoms with E-state index in [1.165, 1.54) is 0 Å². The van der Waals surface area contributed by atoms with Crippen LogP contribution >= 0.6 is 23.2 Å². The van der Waals surface area contributed by atoms with Crippen molar-refractivity contribution in [2.75, 3.05) is 5.32 Å². The highest BCUT2D eigenvalue weighted by molar-refractivity contribution is 6.38. The molecule has 5 nitrogen and oxygen atoms in total. The molecule has 12 heavy (non-hydrogen) atoms. The molecule has 64 valence electrons. The second kappa shape index (κ2) is 3.55. The lowest BCUT2D eigenvalue weighted by Gasteiger charge is -2.02. The normalized spacial score (nSPS) is 9.50. The van der Waals surface area contributed by atoms with Gasteiger partial charge in [-0.2, -0.15) is 0 Å². The van der Waals surface area contributed by atoms with Gasteiger partial charge in [0.1, 0.15) is 12.0 Å². The van der Waals surface area contributed by atoms with Crippen LogP contribution in [0.2, 0.25) is 10.3 Å². The summed E-state index contributed by atoms with van der Waals surface area (Å²) >= 11 is 11.0. The number of anilines is 1. The molecule has 0 aromatic carbocycles. The number of carboxylic acid groups (broad SMARTS) is 1. The van der Waals surface area contributed by atoms with E-state index >= 15 is 0 Å². The number of amides is 1. The van der Waals surface area contributed by atoms with Crippen LogP contribution in [0.25, 0.3) is 0 Å². The van der Waals surface area contributed by atoms with E-state index in [0.717, 1.165) is 6.33 Å². The Balaban J connectivity index is 3.04. The average molecular weight is 208 g/mol. The molecule has 0 unspecified atom stereocenters. The maximum Gasteiger partial charge on any atom is 0.409 e. The Labute approximate surface area is 77.3 Å². The van der Waals surface area contributed by atoms with E-state index in [1.807, 2.05) is 5.32 Å². The number of nitrogens with zero attached hydrogens (tertiary/aromatic N) is 2. The van der Waals surface area contributed by atoms with Gasteiger partial charge in [-0.25, -0.2) is 14.8 Å². The van der Waals surface area contributed by atoms with Crippen LogP contribution in [0, 0.1) is 0 Å². The molecule has 0 saturated heterocycles. The van der Waals surface area contributed by atoms with E-state index in [4.69, 9.17) is 28.3 Å². The van der Waals surface area contributed by atoms with Crippen LogP contribution in [0.5, 0.6) is 0 Å². The number of hydrogen-bond acceptors (Lipinski definition) is 3. The van der Waals surface area contributed by atoms with Crippen LogP contribution in [-0.2, 0) is 0 Å². The molecule has 2 N–H and O–H groups in total. The van der Waals surface area contributed by atoms with E-state index in [1.54, 1.807) is 0 Å². The zero-order chi connectivity index (χ0) is 9.14. The van der Waals surface area contributed by atoms with Gasteiger partial charge in [0, 0.05) is 0 Å². The van der Waals surface area contributed by atoms with E-state index in [2.05, 4.69) is 9.97 Å². The van der Waals surface area contributed by atoms with Gasteiger partial charge >= 0.3 is 6.09 Å². The fourth-order valence-corrected chi connectivity index (χ4v) is 0.964. The van der Waals surface area contributed by atoms with Crippen molar-refractivity contribution >= 4 is 35.0 Å². The number of aromatic nitrogens is 2. The van der Waals surface area contributed by atoms with Crippen molar-refractivity contribution in [2.24, 2.45) is 0 Å². The summed E-state index contributed by atoms with van der Waals surface area (Å²) in [5.41, 5.74) is -0.00617. The highest BCUT2D eigenvalue weighted by Gasteiger charge is 2.09. The summed E-state index contributed by atoms with van der Waals surface area (Å²) in [7, 11) is 0. The van der Waals surface area contributed by atoms with Crippen molar-refractivity contribution in [3.05, 3.63) is 16.6 Å². The number of nitrogens with one attached hydrogen (secondary N) is 1. The molecular formula is C5H3Cl2N3O2. The van der Waals surface area contributed by atoms with Crippen LogP contribution in [0.1, 0.15) is 0 Å². The van der Waals surface area contributed by atoms with E-state index in [0.29, 0.717) is 0 Å². The first kappa shape index (κ1) is 9.02. The smallest absolute Gasteiger partial charge is 0.409 e. The van der Waals surface area contributed by atoms with Crippen molar-refractivity contribution in [3.8, 4) is 0 Å². The Kier molecular flexibility index (Phi) is 2.67. The standard InChI is InChI=1S/C5H3Cl2N3O2/c6-3-2(10-5(11)12)4(7)9-1-8-3/h1,10H,(H,11,12). The average Bonchev–Trinajstić information content (AvgIpc) is 1.97. The van der Waals surface area contributed by atoms with Gasteiger partial charge in [-0.05, 0) is 0 Å². The van der Waals surface area contributed by atoms with Crippen LogP contribution in [0.4, 0.5) is 10.5 Å². The molecule has 1 heterocycles. The number of carbonyl (C=O) groups is 1. The number of hydrogen-bond donors (Lipinski definition) is 2. The molecule has 0 saturated carbocycles. The summed E-state index contributed by atoms with van der Waals surface area (Å²) in [6, 6.07) is 0. The third-order valence-corrected chi connectivity index (χ3v) is 1.56. The van der Waals surface area contributed by atoms with Gasteiger partial charge < -0.3 is 5.11 Å². The lowest BCUT2D eigenvalue weighted by Crippen LogP contribution is -2.09. The SMILES string of the molecule is O=C(O)Nc1c(Cl)ncnc1Cl. The van der Waals surface area contributed by atoms with E-state index < -0.39 is 6.09 Å². The van der Waals surface area contributed by atoms with Gasteiger partial charge in [0.05, 0.1) is 0 Å². The predicted molar refractivity (Wildman–Crippen MR) is 43.7 cm³/mol. The summed E-state index contributed by atoms with van der Waals surface area (Å²) in [6.45, 7) is 0.